The Morgan fingerprint density at radius 1 is 1.45 bits per heavy atom. The maximum absolute atomic E-state index is 11.1. The molecule has 3 heteroatoms. The van der Waals surface area contributed by atoms with E-state index in [2.05, 4.69) is 15.9 Å². The molecule has 1 aliphatic heterocycles. The molecule has 0 aromatic heterocycles. The van der Waals surface area contributed by atoms with Crippen LogP contribution in [0.2, 0.25) is 0 Å². The molecule has 0 amide bonds. The standard InChI is InChI=1S/C8H11BrO2/c9-6-4-5-2-1-3-7(5)11-8(6)10/h5-7H,1-4H2. The summed E-state index contributed by atoms with van der Waals surface area (Å²) < 4.78 is 5.24. The second kappa shape index (κ2) is 2.77. The molecule has 0 spiro atoms. The largest absolute Gasteiger partial charge is 0.461 e. The van der Waals surface area contributed by atoms with Crippen LogP contribution in [0.15, 0.2) is 0 Å². The third-order valence-corrected chi connectivity index (χ3v) is 3.37. The van der Waals surface area contributed by atoms with Gasteiger partial charge in [0.05, 0.1) is 0 Å². The number of rotatable bonds is 0. The third-order valence-electron chi connectivity index (χ3n) is 2.62. The Balaban J connectivity index is 2.06. The predicted octanol–water partition coefficient (Wildman–Crippen LogP) is 1.87. The van der Waals surface area contributed by atoms with Crippen LogP contribution in [-0.2, 0) is 9.53 Å². The molecule has 0 N–H and O–H groups in total. The van der Waals surface area contributed by atoms with Crippen molar-refractivity contribution in [2.75, 3.05) is 0 Å². The SMILES string of the molecule is O=C1OC2CCCC2CC1Br. The molecule has 1 heterocycles. The van der Waals surface area contributed by atoms with Gasteiger partial charge in [-0.25, -0.2) is 0 Å². The minimum atomic E-state index is -0.0619. The van der Waals surface area contributed by atoms with Crippen molar-refractivity contribution in [1.29, 1.82) is 0 Å². The van der Waals surface area contributed by atoms with E-state index in [0.29, 0.717) is 5.92 Å². The minimum absolute atomic E-state index is 0.0400. The van der Waals surface area contributed by atoms with Crippen molar-refractivity contribution in [3.8, 4) is 0 Å². The van der Waals surface area contributed by atoms with E-state index < -0.39 is 0 Å². The Bertz CT molecular complexity index is 181. The van der Waals surface area contributed by atoms with Gasteiger partial charge in [-0.15, -0.1) is 0 Å². The maximum atomic E-state index is 11.1. The summed E-state index contributed by atoms with van der Waals surface area (Å²) in [6.07, 6.45) is 4.76. The third kappa shape index (κ3) is 1.31. The molecule has 0 aromatic carbocycles. The molecule has 11 heavy (non-hydrogen) atoms. The van der Waals surface area contributed by atoms with Crippen LogP contribution >= 0.6 is 15.9 Å². The molecular weight excluding hydrogens is 208 g/mol. The van der Waals surface area contributed by atoms with Crippen LogP contribution in [0.3, 0.4) is 0 Å². The van der Waals surface area contributed by atoms with Crippen molar-refractivity contribution in [2.24, 2.45) is 5.92 Å². The number of hydrogen-bond acceptors (Lipinski definition) is 2. The van der Waals surface area contributed by atoms with E-state index in [1.54, 1.807) is 0 Å². The Labute approximate surface area is 74.4 Å². The highest BCUT2D eigenvalue weighted by atomic mass is 79.9. The summed E-state index contributed by atoms with van der Waals surface area (Å²) in [5, 5.41) is 0. The number of esters is 1. The zero-order valence-electron chi connectivity index (χ0n) is 6.25. The molecule has 2 rings (SSSR count). The second-order valence-electron chi connectivity index (χ2n) is 3.37. The number of carbonyl (C=O) groups excluding carboxylic acids is 1. The number of alkyl halides is 1. The Hall–Kier alpha value is -0.0500. The van der Waals surface area contributed by atoms with Crippen LogP contribution < -0.4 is 0 Å². The van der Waals surface area contributed by atoms with Crippen LogP contribution in [-0.4, -0.2) is 16.9 Å². The molecule has 62 valence electrons. The number of halogens is 1. The van der Waals surface area contributed by atoms with Gasteiger partial charge in [0.25, 0.3) is 0 Å². The molecule has 0 radical (unpaired) electrons. The molecule has 2 aliphatic rings. The summed E-state index contributed by atoms with van der Waals surface area (Å²) in [4.78, 5) is 11.0. The fourth-order valence-electron chi connectivity index (χ4n) is 2.01. The molecule has 3 atom stereocenters. The van der Waals surface area contributed by atoms with E-state index in [-0.39, 0.29) is 16.9 Å². The lowest BCUT2D eigenvalue weighted by Crippen LogP contribution is -2.35. The van der Waals surface area contributed by atoms with E-state index in [1.807, 2.05) is 0 Å². The summed E-state index contributed by atoms with van der Waals surface area (Å²) in [7, 11) is 0. The monoisotopic (exact) mass is 218 g/mol. The first-order valence-corrected chi connectivity index (χ1v) is 5.03. The molecule has 3 unspecified atom stereocenters. The van der Waals surface area contributed by atoms with E-state index in [0.717, 1.165) is 12.8 Å². The molecule has 2 nitrogen and oxygen atoms in total. The molecular formula is C8H11BrO2. The fourth-order valence-corrected chi connectivity index (χ4v) is 2.60. The topological polar surface area (TPSA) is 26.3 Å². The lowest BCUT2D eigenvalue weighted by Gasteiger charge is -2.28. The smallest absolute Gasteiger partial charge is 0.320 e. The first-order valence-electron chi connectivity index (χ1n) is 4.12. The van der Waals surface area contributed by atoms with Gasteiger partial charge in [0.1, 0.15) is 10.9 Å². The minimum Gasteiger partial charge on any atom is -0.461 e. The van der Waals surface area contributed by atoms with Crippen molar-refractivity contribution in [2.45, 2.75) is 36.6 Å². The van der Waals surface area contributed by atoms with Gasteiger partial charge in [-0.1, -0.05) is 15.9 Å². The van der Waals surface area contributed by atoms with Gasteiger partial charge in [-0.05, 0) is 31.6 Å². The summed E-state index contributed by atoms with van der Waals surface area (Å²) in [6, 6.07) is 0. The van der Waals surface area contributed by atoms with Gasteiger partial charge in [-0.2, -0.15) is 0 Å². The zero-order chi connectivity index (χ0) is 7.84. The van der Waals surface area contributed by atoms with E-state index in [1.165, 1.54) is 12.8 Å². The highest BCUT2D eigenvalue weighted by Crippen LogP contribution is 2.37. The van der Waals surface area contributed by atoms with Crippen LogP contribution in [0, 0.1) is 5.92 Å². The summed E-state index contributed by atoms with van der Waals surface area (Å²) in [5.41, 5.74) is 0. The predicted molar refractivity (Wildman–Crippen MR) is 44.6 cm³/mol. The quantitative estimate of drug-likeness (QED) is 0.459. The highest BCUT2D eigenvalue weighted by molar-refractivity contribution is 9.10. The molecule has 1 saturated heterocycles. The molecule has 0 aromatic rings. The summed E-state index contributed by atoms with van der Waals surface area (Å²) in [6.45, 7) is 0. The summed E-state index contributed by atoms with van der Waals surface area (Å²) >= 11 is 3.32. The zero-order valence-corrected chi connectivity index (χ0v) is 7.84. The van der Waals surface area contributed by atoms with Crippen LogP contribution in [0.1, 0.15) is 25.7 Å². The lowest BCUT2D eigenvalue weighted by atomic mass is 9.97. The van der Waals surface area contributed by atoms with Gasteiger partial charge in [-0.3, -0.25) is 4.79 Å². The van der Waals surface area contributed by atoms with Gasteiger partial charge in [0, 0.05) is 0 Å². The first-order chi connectivity index (χ1) is 5.27. The molecule has 2 fully saturated rings. The van der Waals surface area contributed by atoms with Crippen LogP contribution in [0.25, 0.3) is 0 Å². The van der Waals surface area contributed by atoms with Crippen molar-refractivity contribution in [3.05, 3.63) is 0 Å². The van der Waals surface area contributed by atoms with Crippen molar-refractivity contribution in [1.82, 2.24) is 0 Å². The number of ether oxygens (including phenoxy) is 1. The van der Waals surface area contributed by atoms with Gasteiger partial charge >= 0.3 is 5.97 Å². The summed E-state index contributed by atoms with van der Waals surface area (Å²) in [5.74, 6) is 0.574. The molecule has 1 saturated carbocycles. The van der Waals surface area contributed by atoms with Crippen molar-refractivity contribution >= 4 is 21.9 Å². The van der Waals surface area contributed by atoms with Gasteiger partial charge < -0.3 is 4.74 Å². The highest BCUT2D eigenvalue weighted by Gasteiger charge is 2.38. The normalized spacial score (nSPS) is 43.4. The first kappa shape index (κ1) is 7.59. The molecule has 0 bridgehead atoms. The van der Waals surface area contributed by atoms with Gasteiger partial charge in [0.2, 0.25) is 0 Å². The maximum Gasteiger partial charge on any atom is 0.320 e. The number of hydrogen-bond donors (Lipinski definition) is 0. The molecule has 1 aliphatic carbocycles. The van der Waals surface area contributed by atoms with E-state index >= 15 is 0 Å². The lowest BCUT2D eigenvalue weighted by molar-refractivity contribution is -0.155. The van der Waals surface area contributed by atoms with E-state index in [9.17, 15) is 4.79 Å². The Kier molecular flexibility index (Phi) is 1.91. The second-order valence-corrected chi connectivity index (χ2v) is 4.47. The Morgan fingerprint density at radius 3 is 3.09 bits per heavy atom. The average Bonchev–Trinajstić information content (AvgIpc) is 2.36. The number of carbonyl (C=O) groups is 1. The van der Waals surface area contributed by atoms with Crippen LogP contribution in [0.4, 0.5) is 0 Å². The number of fused-ring (bicyclic) bond motifs is 1. The fraction of sp³-hybridized carbons (Fsp3) is 0.875. The van der Waals surface area contributed by atoms with E-state index in [4.69, 9.17) is 4.74 Å². The van der Waals surface area contributed by atoms with Gasteiger partial charge in [0.15, 0.2) is 0 Å². The van der Waals surface area contributed by atoms with Crippen molar-refractivity contribution in [3.63, 3.8) is 0 Å². The average molecular weight is 219 g/mol. The van der Waals surface area contributed by atoms with Crippen molar-refractivity contribution < 1.29 is 9.53 Å². The van der Waals surface area contributed by atoms with Crippen LogP contribution in [0.5, 0.6) is 0 Å². The Morgan fingerprint density at radius 2 is 2.27 bits per heavy atom.